The number of nitrogens with one attached hydrogen (secondary N) is 3. The van der Waals surface area contributed by atoms with E-state index in [-0.39, 0.29) is 36.1 Å². The van der Waals surface area contributed by atoms with Crippen molar-refractivity contribution >= 4 is 34.9 Å². The van der Waals surface area contributed by atoms with Gasteiger partial charge in [-0.25, -0.2) is 9.18 Å². The molecule has 1 saturated heterocycles. The summed E-state index contributed by atoms with van der Waals surface area (Å²) >= 11 is 0. The van der Waals surface area contributed by atoms with Gasteiger partial charge < -0.3 is 25.8 Å². The average molecular weight is 530 g/mol. The lowest BCUT2D eigenvalue weighted by molar-refractivity contribution is -0.117. The van der Waals surface area contributed by atoms with Crippen molar-refractivity contribution in [2.24, 2.45) is 5.92 Å². The number of amides is 4. The molecule has 5 rings (SSSR count). The van der Waals surface area contributed by atoms with Gasteiger partial charge in [0.25, 0.3) is 5.91 Å². The Morgan fingerprint density at radius 1 is 0.872 bits per heavy atom. The first kappa shape index (κ1) is 26.2. The summed E-state index contributed by atoms with van der Waals surface area (Å²) in [6.45, 7) is 4.30. The van der Waals surface area contributed by atoms with Gasteiger partial charge in [0, 0.05) is 55.7 Å². The van der Waals surface area contributed by atoms with Crippen molar-refractivity contribution < 1.29 is 18.8 Å². The number of hydrogen-bond acceptors (Lipinski definition) is 4. The molecule has 0 spiro atoms. The topological polar surface area (TPSA) is 93.8 Å². The summed E-state index contributed by atoms with van der Waals surface area (Å²) in [4.78, 5) is 42.3. The molecule has 1 aliphatic carbocycles. The molecule has 1 saturated carbocycles. The van der Waals surface area contributed by atoms with Crippen LogP contribution in [0.3, 0.4) is 0 Å². The Kier molecular flexibility index (Phi) is 7.76. The van der Waals surface area contributed by atoms with Crippen LogP contribution in [-0.2, 0) is 11.3 Å². The summed E-state index contributed by atoms with van der Waals surface area (Å²) in [5.74, 6) is -0.622. The van der Waals surface area contributed by atoms with E-state index in [0.29, 0.717) is 37.4 Å². The molecule has 8 nitrogen and oxygen atoms in total. The fourth-order valence-electron chi connectivity index (χ4n) is 4.62. The Morgan fingerprint density at radius 3 is 2.28 bits per heavy atom. The smallest absolute Gasteiger partial charge is 0.321 e. The maximum atomic E-state index is 13.3. The van der Waals surface area contributed by atoms with Gasteiger partial charge in [0.15, 0.2) is 0 Å². The normalized spacial score (nSPS) is 15.0. The second-order valence-corrected chi connectivity index (χ2v) is 10.1. The second-order valence-electron chi connectivity index (χ2n) is 10.1. The summed E-state index contributed by atoms with van der Waals surface area (Å²) in [5, 5.41) is 8.78. The Balaban J connectivity index is 1.28. The molecule has 202 valence electrons. The van der Waals surface area contributed by atoms with Gasteiger partial charge in [0.2, 0.25) is 5.91 Å². The summed E-state index contributed by atoms with van der Waals surface area (Å²) in [7, 11) is 0. The molecule has 0 radical (unpaired) electrons. The number of hydrogen-bond donors (Lipinski definition) is 3. The van der Waals surface area contributed by atoms with Crippen LogP contribution in [0.1, 0.15) is 34.3 Å². The van der Waals surface area contributed by atoms with Crippen LogP contribution in [-0.4, -0.2) is 48.9 Å². The third kappa shape index (κ3) is 6.73. The Morgan fingerprint density at radius 2 is 1.59 bits per heavy atom. The van der Waals surface area contributed by atoms with E-state index in [1.165, 1.54) is 12.1 Å². The van der Waals surface area contributed by atoms with Gasteiger partial charge in [-0.15, -0.1) is 0 Å². The molecule has 2 aliphatic rings. The van der Waals surface area contributed by atoms with E-state index in [1.54, 1.807) is 23.1 Å². The van der Waals surface area contributed by atoms with Crippen molar-refractivity contribution in [3.05, 3.63) is 89.2 Å². The number of anilines is 3. The van der Waals surface area contributed by atoms with Crippen LogP contribution in [0.2, 0.25) is 0 Å². The first-order valence-electron chi connectivity index (χ1n) is 13.2. The highest BCUT2D eigenvalue weighted by atomic mass is 19.1. The van der Waals surface area contributed by atoms with E-state index in [4.69, 9.17) is 0 Å². The van der Waals surface area contributed by atoms with Crippen LogP contribution in [0.5, 0.6) is 0 Å². The summed E-state index contributed by atoms with van der Waals surface area (Å²) in [6.07, 6.45) is 1.77. The zero-order valence-electron chi connectivity index (χ0n) is 21.9. The van der Waals surface area contributed by atoms with Crippen molar-refractivity contribution in [1.82, 2.24) is 10.2 Å². The maximum absolute atomic E-state index is 13.3. The molecule has 39 heavy (non-hydrogen) atoms. The maximum Gasteiger partial charge on any atom is 0.321 e. The van der Waals surface area contributed by atoms with Crippen LogP contribution in [0.4, 0.5) is 26.2 Å². The molecule has 0 bridgehead atoms. The SMILES string of the molecule is Cc1cccc(NC(=O)N2CCN(c3ccc(NC(=O)C4CC4)cc3C(=O)NCc3ccc(F)cc3)CC2)c1. The molecule has 9 heteroatoms. The minimum atomic E-state index is -0.335. The molecule has 3 aromatic carbocycles. The zero-order valence-corrected chi connectivity index (χ0v) is 21.9. The van der Waals surface area contributed by atoms with Crippen molar-refractivity contribution in [1.29, 1.82) is 0 Å². The number of benzene rings is 3. The molecule has 2 fully saturated rings. The average Bonchev–Trinajstić information content (AvgIpc) is 3.79. The third-order valence-corrected chi connectivity index (χ3v) is 7.00. The molecular weight excluding hydrogens is 497 g/mol. The number of urea groups is 1. The lowest BCUT2D eigenvalue weighted by atomic mass is 10.1. The number of carbonyl (C=O) groups is 3. The first-order valence-corrected chi connectivity index (χ1v) is 13.2. The van der Waals surface area contributed by atoms with Crippen LogP contribution in [0.25, 0.3) is 0 Å². The van der Waals surface area contributed by atoms with E-state index >= 15 is 0 Å². The van der Waals surface area contributed by atoms with E-state index in [9.17, 15) is 18.8 Å². The fourth-order valence-corrected chi connectivity index (χ4v) is 4.62. The highest BCUT2D eigenvalue weighted by molar-refractivity contribution is 6.02. The van der Waals surface area contributed by atoms with E-state index < -0.39 is 0 Å². The minimum absolute atomic E-state index is 0.0337. The molecule has 0 unspecified atom stereocenters. The highest BCUT2D eigenvalue weighted by Crippen LogP contribution is 2.31. The Labute approximate surface area is 227 Å². The van der Waals surface area contributed by atoms with E-state index in [0.717, 1.165) is 35.3 Å². The van der Waals surface area contributed by atoms with Crippen molar-refractivity contribution in [3.63, 3.8) is 0 Å². The standard InChI is InChI=1S/C30H32FN5O3/c1-20-3-2-4-24(17-20)34-30(39)36-15-13-35(14-16-36)27-12-11-25(33-28(37)22-7-8-22)18-26(27)29(38)32-19-21-5-9-23(31)10-6-21/h2-6,9-12,17-18,22H,7-8,13-16,19H2,1H3,(H,32,38)(H,33,37)(H,34,39). The molecular formula is C30H32FN5O3. The van der Waals surface area contributed by atoms with Crippen molar-refractivity contribution in [2.75, 3.05) is 41.7 Å². The zero-order chi connectivity index (χ0) is 27.4. The molecule has 1 aliphatic heterocycles. The quantitative estimate of drug-likeness (QED) is 0.411. The summed E-state index contributed by atoms with van der Waals surface area (Å²) in [6, 6.07) is 18.8. The van der Waals surface area contributed by atoms with E-state index in [2.05, 4.69) is 20.9 Å². The van der Waals surface area contributed by atoms with Crippen molar-refractivity contribution in [2.45, 2.75) is 26.3 Å². The van der Waals surface area contributed by atoms with Crippen molar-refractivity contribution in [3.8, 4) is 0 Å². The molecule has 0 atom stereocenters. The van der Waals surface area contributed by atoms with Gasteiger partial charge in [-0.3, -0.25) is 9.59 Å². The fraction of sp³-hybridized carbons (Fsp3) is 0.300. The van der Waals surface area contributed by atoms with Crippen LogP contribution < -0.4 is 20.9 Å². The predicted octanol–water partition coefficient (Wildman–Crippen LogP) is 4.77. The lowest BCUT2D eigenvalue weighted by Crippen LogP contribution is -2.50. The predicted molar refractivity (Wildman–Crippen MR) is 149 cm³/mol. The Bertz CT molecular complexity index is 1370. The second kappa shape index (κ2) is 11.6. The summed E-state index contributed by atoms with van der Waals surface area (Å²) < 4.78 is 13.3. The van der Waals surface area contributed by atoms with Gasteiger partial charge in [-0.05, 0) is 73.4 Å². The first-order chi connectivity index (χ1) is 18.9. The molecule has 3 aromatic rings. The Hall–Kier alpha value is -4.40. The van der Waals surface area contributed by atoms with E-state index in [1.807, 2.05) is 43.3 Å². The molecule has 1 heterocycles. The van der Waals surface area contributed by atoms with Gasteiger partial charge in [0.05, 0.1) is 5.56 Å². The number of nitrogens with zero attached hydrogens (tertiary/aromatic N) is 2. The van der Waals surface area contributed by atoms with Gasteiger partial charge in [0.1, 0.15) is 5.82 Å². The molecule has 3 N–H and O–H groups in total. The molecule has 0 aromatic heterocycles. The minimum Gasteiger partial charge on any atom is -0.367 e. The van der Waals surface area contributed by atoms with Crippen LogP contribution >= 0.6 is 0 Å². The van der Waals surface area contributed by atoms with Crippen LogP contribution in [0, 0.1) is 18.7 Å². The third-order valence-electron chi connectivity index (χ3n) is 7.00. The number of piperazine rings is 1. The number of aryl methyl sites for hydroxylation is 1. The lowest BCUT2D eigenvalue weighted by Gasteiger charge is -2.37. The van der Waals surface area contributed by atoms with Gasteiger partial charge >= 0.3 is 6.03 Å². The molecule has 4 amide bonds. The van der Waals surface area contributed by atoms with Gasteiger partial charge in [-0.2, -0.15) is 0 Å². The number of carbonyl (C=O) groups excluding carboxylic acids is 3. The summed E-state index contributed by atoms with van der Waals surface area (Å²) in [5.41, 5.74) is 4.33. The number of rotatable bonds is 7. The number of halogens is 1. The van der Waals surface area contributed by atoms with Gasteiger partial charge in [-0.1, -0.05) is 24.3 Å². The monoisotopic (exact) mass is 529 g/mol. The highest BCUT2D eigenvalue weighted by Gasteiger charge is 2.30. The largest absolute Gasteiger partial charge is 0.367 e. The van der Waals surface area contributed by atoms with Crippen LogP contribution in [0.15, 0.2) is 66.7 Å².